The van der Waals surface area contributed by atoms with Gasteiger partial charge in [-0.15, -0.1) is 11.3 Å². The normalized spacial score (nSPS) is 11.9. The van der Waals surface area contributed by atoms with Crippen molar-refractivity contribution in [2.45, 2.75) is 26.0 Å². The molecule has 3 N–H and O–H groups in total. The van der Waals surface area contributed by atoms with Crippen LogP contribution >= 0.6 is 22.9 Å². The molecule has 2 aromatic heterocycles. The number of nitrogens with one attached hydrogen (secondary N) is 1. The molecule has 0 fully saturated rings. The second-order valence-electron chi connectivity index (χ2n) is 6.13. The van der Waals surface area contributed by atoms with E-state index < -0.39 is 23.7 Å². The molecule has 9 heteroatoms. The minimum atomic E-state index is -0.733. The summed E-state index contributed by atoms with van der Waals surface area (Å²) in [5.74, 6) is -0.549. The quantitative estimate of drug-likeness (QED) is 0.467. The molecular weight excluding hydrogens is 404 g/mol. The van der Waals surface area contributed by atoms with E-state index in [0.29, 0.717) is 21.6 Å². The molecule has 0 bridgehead atoms. The third-order valence-electron chi connectivity index (χ3n) is 4.07. The number of halogens is 1. The summed E-state index contributed by atoms with van der Waals surface area (Å²) in [6.07, 6.45) is -0.0946. The number of carbonyl (C=O) groups is 2. The number of carbonyl (C=O) groups excluding carboxylic acids is 2. The zero-order chi connectivity index (χ0) is 20.3. The lowest BCUT2D eigenvalue weighted by Gasteiger charge is -2.15. The molecule has 0 spiro atoms. The number of primary amides is 1. The van der Waals surface area contributed by atoms with Crippen molar-refractivity contribution in [2.24, 2.45) is 5.73 Å². The van der Waals surface area contributed by atoms with Gasteiger partial charge in [-0.1, -0.05) is 17.7 Å². The van der Waals surface area contributed by atoms with Gasteiger partial charge in [0.05, 0.1) is 12.5 Å². The lowest BCUT2D eigenvalue weighted by Crippen LogP contribution is -2.34. The van der Waals surface area contributed by atoms with Crippen molar-refractivity contribution in [3.8, 4) is 0 Å². The predicted octanol–water partition coefficient (Wildman–Crippen LogP) is 3.66. The summed E-state index contributed by atoms with van der Waals surface area (Å²) in [7, 11) is 0. The maximum absolute atomic E-state index is 12.3. The van der Waals surface area contributed by atoms with Gasteiger partial charge in [-0.3, -0.25) is 4.79 Å². The fraction of sp³-hybridized carbons (Fsp3) is 0.211. The number of nitrogens with two attached hydrogens (primary N) is 1. The molecule has 1 unspecified atom stereocenters. The first-order valence-corrected chi connectivity index (χ1v) is 9.57. The molecule has 146 valence electrons. The molecule has 7 nitrogen and oxygen atoms in total. The number of thiophene rings is 1. The maximum Gasteiger partial charge on any atom is 0.336 e. The molecule has 0 saturated heterocycles. The molecule has 1 aromatic carbocycles. The highest BCUT2D eigenvalue weighted by Crippen LogP contribution is 2.26. The summed E-state index contributed by atoms with van der Waals surface area (Å²) < 4.78 is 10.5. The van der Waals surface area contributed by atoms with Crippen LogP contribution in [0.2, 0.25) is 5.02 Å². The second-order valence-corrected chi connectivity index (χ2v) is 7.52. The Bertz CT molecular complexity index is 1080. The van der Waals surface area contributed by atoms with E-state index in [2.05, 4.69) is 5.32 Å². The van der Waals surface area contributed by atoms with Gasteiger partial charge in [0.2, 0.25) is 0 Å². The lowest BCUT2D eigenvalue weighted by atomic mass is 10.1. The van der Waals surface area contributed by atoms with Crippen molar-refractivity contribution in [3.05, 3.63) is 67.2 Å². The Morgan fingerprint density at radius 2 is 2.14 bits per heavy atom. The number of amides is 2. The Morgan fingerprint density at radius 1 is 1.36 bits per heavy atom. The average molecular weight is 421 g/mol. The van der Waals surface area contributed by atoms with Crippen LogP contribution in [0.1, 0.15) is 28.5 Å². The summed E-state index contributed by atoms with van der Waals surface area (Å²) in [6, 6.07) is 6.87. The van der Waals surface area contributed by atoms with Crippen molar-refractivity contribution in [2.75, 3.05) is 0 Å². The third kappa shape index (κ3) is 4.71. The first kappa shape index (κ1) is 19.9. The lowest BCUT2D eigenvalue weighted by molar-refractivity contribution is -0.145. The first-order chi connectivity index (χ1) is 13.3. The van der Waals surface area contributed by atoms with Crippen molar-refractivity contribution in [3.63, 3.8) is 0 Å². The van der Waals surface area contributed by atoms with E-state index in [1.165, 1.54) is 17.4 Å². The van der Waals surface area contributed by atoms with E-state index >= 15 is 0 Å². The van der Waals surface area contributed by atoms with Crippen LogP contribution < -0.4 is 16.7 Å². The van der Waals surface area contributed by atoms with Crippen LogP contribution in [0.5, 0.6) is 0 Å². The number of hydrogen-bond donors (Lipinski definition) is 2. The van der Waals surface area contributed by atoms with Gasteiger partial charge in [0.1, 0.15) is 12.2 Å². The minimum Gasteiger partial charge on any atom is -0.461 e. The largest absolute Gasteiger partial charge is 0.461 e. The van der Waals surface area contributed by atoms with Crippen LogP contribution in [0.3, 0.4) is 0 Å². The summed E-state index contributed by atoms with van der Waals surface area (Å²) in [5, 5.41) is 5.46. The van der Waals surface area contributed by atoms with Gasteiger partial charge in [0.25, 0.3) is 0 Å². The maximum atomic E-state index is 12.3. The number of aryl methyl sites for hydroxylation is 1. The van der Waals surface area contributed by atoms with E-state index in [1.54, 1.807) is 25.1 Å². The van der Waals surface area contributed by atoms with Gasteiger partial charge < -0.3 is 20.2 Å². The summed E-state index contributed by atoms with van der Waals surface area (Å²) in [4.78, 5) is 36.1. The molecule has 2 heterocycles. The molecule has 1 atom stereocenters. The molecular formula is C19H17ClN2O5S. The van der Waals surface area contributed by atoms with Crippen molar-refractivity contribution < 1.29 is 18.7 Å². The number of esters is 1. The number of benzene rings is 1. The van der Waals surface area contributed by atoms with Gasteiger partial charge in [-0.05, 0) is 36.1 Å². The van der Waals surface area contributed by atoms with E-state index in [4.69, 9.17) is 26.5 Å². The SMILES string of the molecule is Cc1cc2oc(=O)cc(COC(=O)CC(NC(N)=O)c3cccs3)c2cc1Cl. The van der Waals surface area contributed by atoms with E-state index in [9.17, 15) is 14.4 Å². The molecule has 2 amide bonds. The highest BCUT2D eigenvalue weighted by molar-refractivity contribution is 7.10. The number of fused-ring (bicyclic) bond motifs is 1. The van der Waals surface area contributed by atoms with Crippen molar-refractivity contribution >= 4 is 45.9 Å². The molecule has 0 aliphatic heterocycles. The van der Waals surface area contributed by atoms with E-state index in [0.717, 1.165) is 10.4 Å². The molecule has 28 heavy (non-hydrogen) atoms. The van der Waals surface area contributed by atoms with Crippen LogP contribution in [-0.2, 0) is 16.1 Å². The zero-order valence-corrected chi connectivity index (χ0v) is 16.4. The first-order valence-electron chi connectivity index (χ1n) is 8.31. The van der Waals surface area contributed by atoms with Crippen LogP contribution in [0.15, 0.2) is 44.9 Å². The number of ether oxygens (including phenoxy) is 1. The summed E-state index contributed by atoms with van der Waals surface area (Å²) in [6.45, 7) is 1.67. The Kier molecular flexibility index (Phi) is 6.01. The Labute approximate surface area is 169 Å². The Hall–Kier alpha value is -2.84. The minimum absolute atomic E-state index is 0.0946. The topological polar surface area (TPSA) is 112 Å². The molecule has 0 aliphatic carbocycles. The smallest absolute Gasteiger partial charge is 0.336 e. The fourth-order valence-corrected chi connectivity index (χ4v) is 3.68. The number of urea groups is 1. The Balaban J connectivity index is 1.76. The van der Waals surface area contributed by atoms with Gasteiger partial charge in [0.15, 0.2) is 0 Å². The fourth-order valence-electron chi connectivity index (χ4n) is 2.74. The molecule has 0 aliphatic rings. The van der Waals surface area contributed by atoms with Gasteiger partial charge in [-0.25, -0.2) is 9.59 Å². The number of rotatable bonds is 6. The third-order valence-corrected chi connectivity index (χ3v) is 5.47. The molecule has 0 saturated carbocycles. The Morgan fingerprint density at radius 3 is 2.82 bits per heavy atom. The average Bonchev–Trinajstić information content (AvgIpc) is 3.15. The van der Waals surface area contributed by atoms with Crippen LogP contribution in [0.4, 0.5) is 4.79 Å². The van der Waals surface area contributed by atoms with E-state index in [-0.39, 0.29) is 13.0 Å². The number of hydrogen-bond acceptors (Lipinski definition) is 6. The predicted molar refractivity (Wildman–Crippen MR) is 106 cm³/mol. The highest BCUT2D eigenvalue weighted by Gasteiger charge is 2.20. The van der Waals surface area contributed by atoms with Crippen molar-refractivity contribution in [1.29, 1.82) is 0 Å². The van der Waals surface area contributed by atoms with Gasteiger partial charge in [0, 0.05) is 26.9 Å². The molecule has 0 radical (unpaired) electrons. The summed E-state index contributed by atoms with van der Waals surface area (Å²) >= 11 is 7.55. The zero-order valence-electron chi connectivity index (χ0n) is 14.9. The van der Waals surface area contributed by atoms with Crippen LogP contribution in [0.25, 0.3) is 11.0 Å². The van der Waals surface area contributed by atoms with Crippen LogP contribution in [0, 0.1) is 6.92 Å². The van der Waals surface area contributed by atoms with Crippen molar-refractivity contribution in [1.82, 2.24) is 5.32 Å². The monoisotopic (exact) mass is 420 g/mol. The summed E-state index contributed by atoms with van der Waals surface area (Å²) in [5.41, 5.74) is 6.26. The van der Waals surface area contributed by atoms with Crippen LogP contribution in [-0.4, -0.2) is 12.0 Å². The molecule has 3 aromatic rings. The molecule has 3 rings (SSSR count). The van der Waals surface area contributed by atoms with Gasteiger partial charge in [-0.2, -0.15) is 0 Å². The second kappa shape index (κ2) is 8.45. The highest BCUT2D eigenvalue weighted by atomic mass is 35.5. The van der Waals surface area contributed by atoms with E-state index in [1.807, 2.05) is 11.4 Å². The standard InChI is InChI=1S/C19H17ClN2O5S/c1-10-5-15-12(7-13(10)20)11(6-18(24)27-15)9-26-17(23)8-14(22-19(21)25)16-3-2-4-28-16/h2-7,14H,8-9H2,1H3,(H3,21,22,25). The van der Waals surface area contributed by atoms with Gasteiger partial charge >= 0.3 is 17.6 Å².